The van der Waals surface area contributed by atoms with Gasteiger partial charge < -0.3 is 15.6 Å². The van der Waals surface area contributed by atoms with Gasteiger partial charge in [0.15, 0.2) is 5.82 Å². The maximum absolute atomic E-state index is 5.78. The van der Waals surface area contributed by atoms with Crippen LogP contribution in [-0.4, -0.2) is 14.8 Å². The zero-order valence-electron chi connectivity index (χ0n) is 10.3. The molecule has 0 saturated heterocycles. The van der Waals surface area contributed by atoms with E-state index >= 15 is 0 Å². The molecule has 0 saturated carbocycles. The Morgan fingerprint density at radius 3 is 2.76 bits per heavy atom. The summed E-state index contributed by atoms with van der Waals surface area (Å²) in [5, 5.41) is 11.3. The van der Waals surface area contributed by atoms with Crippen LogP contribution in [0.5, 0.6) is 0 Å². The number of aromatic nitrogens is 3. The largest absolute Gasteiger partial charge is 0.399 e. The first kappa shape index (κ1) is 11.4. The molecule has 0 bridgehead atoms. The monoisotopic (exact) mass is 231 g/mol. The van der Waals surface area contributed by atoms with Gasteiger partial charge in [-0.2, -0.15) is 0 Å². The molecule has 0 aliphatic rings. The summed E-state index contributed by atoms with van der Waals surface area (Å²) in [4.78, 5) is 0. The third-order valence-corrected chi connectivity index (χ3v) is 2.79. The average molecular weight is 231 g/mol. The molecule has 2 aromatic rings. The number of aryl methyl sites for hydroxylation is 2. The van der Waals surface area contributed by atoms with E-state index in [0.717, 1.165) is 22.8 Å². The lowest BCUT2D eigenvalue weighted by Crippen LogP contribution is -2.12. The molecule has 0 radical (unpaired) electrons. The molecule has 0 fully saturated rings. The van der Waals surface area contributed by atoms with E-state index in [-0.39, 0.29) is 6.04 Å². The third-order valence-electron chi connectivity index (χ3n) is 2.79. The number of nitrogens with two attached hydrogens (primary N) is 1. The number of rotatable bonds is 3. The zero-order chi connectivity index (χ0) is 12.4. The topological polar surface area (TPSA) is 68.8 Å². The highest BCUT2D eigenvalue weighted by Crippen LogP contribution is 2.21. The van der Waals surface area contributed by atoms with Gasteiger partial charge in [-0.3, -0.25) is 0 Å². The van der Waals surface area contributed by atoms with Gasteiger partial charge in [0, 0.05) is 18.4 Å². The van der Waals surface area contributed by atoms with E-state index in [4.69, 9.17) is 5.73 Å². The van der Waals surface area contributed by atoms with E-state index in [1.54, 1.807) is 6.33 Å². The van der Waals surface area contributed by atoms with Gasteiger partial charge >= 0.3 is 0 Å². The summed E-state index contributed by atoms with van der Waals surface area (Å²) in [5.41, 5.74) is 8.70. The molecule has 90 valence electrons. The lowest BCUT2D eigenvalue weighted by molar-refractivity contribution is 0.719. The Morgan fingerprint density at radius 2 is 2.18 bits per heavy atom. The Hall–Kier alpha value is -2.04. The zero-order valence-corrected chi connectivity index (χ0v) is 10.3. The molecule has 1 unspecified atom stereocenters. The molecule has 3 N–H and O–H groups in total. The van der Waals surface area contributed by atoms with Crippen molar-refractivity contribution in [1.29, 1.82) is 0 Å². The van der Waals surface area contributed by atoms with Crippen LogP contribution >= 0.6 is 0 Å². The van der Waals surface area contributed by atoms with Gasteiger partial charge in [-0.15, -0.1) is 10.2 Å². The summed E-state index contributed by atoms with van der Waals surface area (Å²) in [7, 11) is 1.93. The first-order valence-electron chi connectivity index (χ1n) is 5.54. The summed E-state index contributed by atoms with van der Waals surface area (Å²) < 4.78 is 1.90. The van der Waals surface area contributed by atoms with Gasteiger partial charge in [-0.05, 0) is 37.6 Å². The molecule has 1 aromatic carbocycles. The van der Waals surface area contributed by atoms with Gasteiger partial charge in [0.25, 0.3) is 0 Å². The Labute approximate surface area is 101 Å². The molecule has 0 spiro atoms. The van der Waals surface area contributed by atoms with Crippen molar-refractivity contribution in [3.8, 4) is 0 Å². The highest BCUT2D eigenvalue weighted by molar-refractivity contribution is 5.57. The molecular weight excluding hydrogens is 214 g/mol. The van der Waals surface area contributed by atoms with Crippen LogP contribution in [0.3, 0.4) is 0 Å². The maximum Gasteiger partial charge on any atom is 0.154 e. The van der Waals surface area contributed by atoms with Crippen LogP contribution in [0.25, 0.3) is 0 Å². The Morgan fingerprint density at radius 1 is 1.41 bits per heavy atom. The van der Waals surface area contributed by atoms with Crippen molar-refractivity contribution in [2.24, 2.45) is 7.05 Å². The molecule has 2 rings (SSSR count). The standard InChI is InChI=1S/C12H17N5/c1-8-6-10(4-5-11(8)13)15-9(2)12-16-14-7-17(12)3/h4-7,9,15H,13H2,1-3H3. The lowest BCUT2D eigenvalue weighted by Gasteiger charge is -2.15. The number of hydrogen-bond acceptors (Lipinski definition) is 4. The molecule has 1 atom stereocenters. The van der Waals surface area contributed by atoms with E-state index in [1.807, 2.05) is 36.7 Å². The number of anilines is 2. The van der Waals surface area contributed by atoms with Gasteiger partial charge in [0.1, 0.15) is 6.33 Å². The number of benzene rings is 1. The number of hydrogen-bond donors (Lipinski definition) is 2. The van der Waals surface area contributed by atoms with Crippen LogP contribution in [0, 0.1) is 6.92 Å². The molecule has 0 aliphatic carbocycles. The van der Waals surface area contributed by atoms with Crippen molar-refractivity contribution in [3.05, 3.63) is 35.9 Å². The van der Waals surface area contributed by atoms with E-state index in [0.29, 0.717) is 0 Å². The Balaban J connectivity index is 2.16. The Kier molecular flexibility index (Phi) is 2.99. The van der Waals surface area contributed by atoms with Crippen LogP contribution in [0.2, 0.25) is 0 Å². The summed E-state index contributed by atoms with van der Waals surface area (Å²) >= 11 is 0. The lowest BCUT2D eigenvalue weighted by atomic mass is 10.1. The van der Waals surface area contributed by atoms with Gasteiger partial charge in [0.05, 0.1) is 6.04 Å². The quantitative estimate of drug-likeness (QED) is 0.791. The summed E-state index contributed by atoms with van der Waals surface area (Å²) in [5.74, 6) is 0.902. The SMILES string of the molecule is Cc1cc(NC(C)c2nncn2C)ccc1N. The van der Waals surface area contributed by atoms with E-state index in [2.05, 4.69) is 22.4 Å². The second kappa shape index (κ2) is 4.45. The van der Waals surface area contributed by atoms with Crippen LogP contribution in [0.1, 0.15) is 24.4 Å². The fourth-order valence-corrected chi connectivity index (χ4v) is 1.76. The van der Waals surface area contributed by atoms with Crippen molar-refractivity contribution < 1.29 is 0 Å². The fourth-order valence-electron chi connectivity index (χ4n) is 1.76. The smallest absolute Gasteiger partial charge is 0.154 e. The van der Waals surface area contributed by atoms with Crippen molar-refractivity contribution in [2.75, 3.05) is 11.1 Å². The molecule has 17 heavy (non-hydrogen) atoms. The first-order chi connectivity index (χ1) is 8.08. The number of nitrogens with zero attached hydrogens (tertiary/aromatic N) is 3. The minimum atomic E-state index is 0.102. The second-order valence-electron chi connectivity index (χ2n) is 4.24. The predicted molar refractivity (Wildman–Crippen MR) is 68.6 cm³/mol. The van der Waals surface area contributed by atoms with Crippen LogP contribution in [-0.2, 0) is 7.05 Å². The van der Waals surface area contributed by atoms with Crippen LogP contribution in [0.15, 0.2) is 24.5 Å². The highest BCUT2D eigenvalue weighted by Gasteiger charge is 2.11. The predicted octanol–water partition coefficient (Wildman–Crippen LogP) is 1.88. The van der Waals surface area contributed by atoms with Crippen molar-refractivity contribution in [1.82, 2.24) is 14.8 Å². The van der Waals surface area contributed by atoms with Gasteiger partial charge in [-0.25, -0.2) is 0 Å². The summed E-state index contributed by atoms with van der Waals surface area (Å²) in [6, 6.07) is 6.00. The van der Waals surface area contributed by atoms with Gasteiger partial charge in [-0.1, -0.05) is 0 Å². The highest BCUT2D eigenvalue weighted by atomic mass is 15.3. The van der Waals surface area contributed by atoms with E-state index in [9.17, 15) is 0 Å². The second-order valence-corrected chi connectivity index (χ2v) is 4.24. The van der Waals surface area contributed by atoms with Crippen LogP contribution < -0.4 is 11.1 Å². The molecule has 5 heteroatoms. The van der Waals surface area contributed by atoms with Crippen molar-refractivity contribution >= 4 is 11.4 Å². The fraction of sp³-hybridized carbons (Fsp3) is 0.333. The normalized spacial score (nSPS) is 12.4. The molecule has 1 heterocycles. The molecular formula is C12H17N5. The Bertz CT molecular complexity index is 517. The third kappa shape index (κ3) is 2.38. The molecule has 1 aromatic heterocycles. The first-order valence-corrected chi connectivity index (χ1v) is 5.54. The van der Waals surface area contributed by atoms with Crippen molar-refractivity contribution in [3.63, 3.8) is 0 Å². The summed E-state index contributed by atoms with van der Waals surface area (Å²) in [6.07, 6.45) is 1.70. The van der Waals surface area contributed by atoms with Crippen LogP contribution in [0.4, 0.5) is 11.4 Å². The molecule has 5 nitrogen and oxygen atoms in total. The number of nitrogens with one attached hydrogen (secondary N) is 1. The van der Waals surface area contributed by atoms with Crippen molar-refractivity contribution in [2.45, 2.75) is 19.9 Å². The number of nitrogen functional groups attached to an aromatic ring is 1. The minimum absolute atomic E-state index is 0.102. The molecule has 0 aliphatic heterocycles. The van der Waals surface area contributed by atoms with E-state index in [1.165, 1.54) is 0 Å². The van der Waals surface area contributed by atoms with E-state index < -0.39 is 0 Å². The average Bonchev–Trinajstić information content (AvgIpc) is 2.70. The van der Waals surface area contributed by atoms with Gasteiger partial charge in [0.2, 0.25) is 0 Å². The summed E-state index contributed by atoms with van der Waals surface area (Å²) in [6.45, 7) is 4.04. The minimum Gasteiger partial charge on any atom is -0.399 e. The maximum atomic E-state index is 5.78. The molecule has 0 amide bonds.